The minimum atomic E-state index is -0.369. The summed E-state index contributed by atoms with van der Waals surface area (Å²) in [5.74, 6) is 0.224. The highest BCUT2D eigenvalue weighted by atomic mass is 32.2. The van der Waals surface area contributed by atoms with E-state index in [1.165, 1.54) is 13.0 Å². The van der Waals surface area contributed by atoms with E-state index < -0.39 is 0 Å². The lowest BCUT2D eigenvalue weighted by Crippen LogP contribution is -2.21. The first kappa shape index (κ1) is 14.3. The molecule has 1 aliphatic heterocycles. The average Bonchev–Trinajstić information content (AvgIpc) is 2.41. The SMILES string of the molecule is CC(=O)c1cn2c3c(c(C(C)C)c(F)cc3c1=O)SCC2. The van der Waals surface area contributed by atoms with Gasteiger partial charge in [0.05, 0.1) is 16.5 Å². The minimum absolute atomic E-state index is 0.0473. The molecule has 3 nitrogen and oxygen atoms in total. The molecule has 0 N–H and O–H groups in total. The summed E-state index contributed by atoms with van der Waals surface area (Å²) in [5, 5.41) is 0.312. The predicted octanol–water partition coefficient (Wildman–Crippen LogP) is 3.57. The van der Waals surface area contributed by atoms with E-state index in [0.717, 1.165) is 22.7 Å². The molecule has 1 aliphatic rings. The number of rotatable bonds is 2. The van der Waals surface area contributed by atoms with Gasteiger partial charge in [0, 0.05) is 29.0 Å². The summed E-state index contributed by atoms with van der Waals surface area (Å²) in [5.41, 5.74) is 1.20. The lowest BCUT2D eigenvalue weighted by Gasteiger charge is -2.24. The zero-order valence-electron chi connectivity index (χ0n) is 12.2. The summed E-state index contributed by atoms with van der Waals surface area (Å²) in [6.07, 6.45) is 1.62. The van der Waals surface area contributed by atoms with Crippen molar-refractivity contribution in [3.63, 3.8) is 0 Å². The maximum atomic E-state index is 14.4. The van der Waals surface area contributed by atoms with E-state index in [1.807, 2.05) is 18.4 Å². The molecular formula is C16H16FNO2S. The molecule has 0 spiro atoms. The number of Topliss-reactive ketones (excluding diaryl/α,β-unsaturated/α-hetero) is 1. The van der Waals surface area contributed by atoms with Gasteiger partial charge in [-0.25, -0.2) is 4.39 Å². The molecule has 3 rings (SSSR count). The van der Waals surface area contributed by atoms with Gasteiger partial charge in [0.25, 0.3) is 0 Å². The predicted molar refractivity (Wildman–Crippen MR) is 83.0 cm³/mol. The number of aryl methyl sites for hydroxylation is 1. The Bertz CT molecular complexity index is 823. The van der Waals surface area contributed by atoms with Crippen molar-refractivity contribution in [1.82, 2.24) is 4.57 Å². The lowest BCUT2D eigenvalue weighted by atomic mass is 9.98. The van der Waals surface area contributed by atoms with Crippen molar-refractivity contribution in [3.8, 4) is 0 Å². The van der Waals surface area contributed by atoms with Gasteiger partial charge in [-0.3, -0.25) is 9.59 Å². The normalized spacial score (nSPS) is 14.0. The second kappa shape index (κ2) is 4.98. The monoisotopic (exact) mass is 305 g/mol. The van der Waals surface area contributed by atoms with E-state index in [2.05, 4.69) is 0 Å². The van der Waals surface area contributed by atoms with Crippen molar-refractivity contribution in [3.05, 3.63) is 39.4 Å². The van der Waals surface area contributed by atoms with Crippen LogP contribution in [0.3, 0.4) is 0 Å². The molecule has 0 bridgehead atoms. The Kier molecular flexibility index (Phi) is 3.40. The van der Waals surface area contributed by atoms with E-state index in [0.29, 0.717) is 10.9 Å². The van der Waals surface area contributed by atoms with Gasteiger partial charge in [-0.15, -0.1) is 11.8 Å². The van der Waals surface area contributed by atoms with Crippen LogP contribution in [0.1, 0.15) is 42.6 Å². The van der Waals surface area contributed by atoms with Gasteiger partial charge in [-0.2, -0.15) is 0 Å². The third-order valence-electron chi connectivity index (χ3n) is 3.84. The second-order valence-corrected chi connectivity index (χ2v) is 6.73. The Balaban J connectivity index is 2.52. The van der Waals surface area contributed by atoms with Gasteiger partial charge in [0.15, 0.2) is 11.2 Å². The fourth-order valence-electron chi connectivity index (χ4n) is 2.87. The number of ketones is 1. The van der Waals surface area contributed by atoms with Crippen molar-refractivity contribution in [2.24, 2.45) is 0 Å². The zero-order chi connectivity index (χ0) is 15.3. The van der Waals surface area contributed by atoms with Crippen LogP contribution in [0.5, 0.6) is 0 Å². The summed E-state index contributed by atoms with van der Waals surface area (Å²) in [6, 6.07) is 1.30. The molecule has 0 fully saturated rings. The van der Waals surface area contributed by atoms with Gasteiger partial charge in [0.2, 0.25) is 0 Å². The maximum Gasteiger partial charge on any atom is 0.200 e. The topological polar surface area (TPSA) is 39.1 Å². The number of aromatic nitrogens is 1. The molecule has 0 unspecified atom stereocenters. The minimum Gasteiger partial charge on any atom is -0.345 e. The quantitative estimate of drug-likeness (QED) is 0.796. The summed E-state index contributed by atoms with van der Waals surface area (Å²) in [7, 11) is 0. The van der Waals surface area contributed by atoms with E-state index in [4.69, 9.17) is 0 Å². The van der Waals surface area contributed by atoms with Crippen LogP contribution >= 0.6 is 11.8 Å². The Morgan fingerprint density at radius 1 is 1.43 bits per heavy atom. The first-order valence-corrected chi connectivity index (χ1v) is 7.93. The van der Waals surface area contributed by atoms with E-state index in [-0.39, 0.29) is 28.5 Å². The molecule has 110 valence electrons. The summed E-state index contributed by atoms with van der Waals surface area (Å²) in [4.78, 5) is 24.9. The first-order chi connectivity index (χ1) is 9.91. The molecule has 0 saturated carbocycles. The van der Waals surface area contributed by atoms with Crippen molar-refractivity contribution in [2.75, 3.05) is 5.75 Å². The van der Waals surface area contributed by atoms with Gasteiger partial charge >= 0.3 is 0 Å². The molecular weight excluding hydrogens is 289 g/mol. The van der Waals surface area contributed by atoms with Crippen LogP contribution in [0.4, 0.5) is 4.39 Å². The lowest BCUT2D eigenvalue weighted by molar-refractivity contribution is 0.101. The molecule has 0 radical (unpaired) electrons. The number of halogens is 1. The third kappa shape index (κ3) is 2.11. The number of carbonyl (C=O) groups is 1. The number of pyridine rings is 1. The van der Waals surface area contributed by atoms with Crippen LogP contribution in [0, 0.1) is 5.82 Å². The fourth-order valence-corrected chi connectivity index (χ4v) is 4.22. The molecule has 5 heteroatoms. The Hall–Kier alpha value is -1.62. The van der Waals surface area contributed by atoms with Gasteiger partial charge in [-0.05, 0) is 18.9 Å². The number of hydrogen-bond acceptors (Lipinski definition) is 3. The van der Waals surface area contributed by atoms with Crippen molar-refractivity contribution in [2.45, 2.75) is 38.1 Å². The van der Waals surface area contributed by atoms with Crippen LogP contribution in [0.2, 0.25) is 0 Å². The largest absolute Gasteiger partial charge is 0.345 e. The Labute approximate surface area is 126 Å². The molecule has 21 heavy (non-hydrogen) atoms. The molecule has 0 saturated heterocycles. The smallest absolute Gasteiger partial charge is 0.200 e. The van der Waals surface area contributed by atoms with E-state index in [9.17, 15) is 14.0 Å². The second-order valence-electron chi connectivity index (χ2n) is 5.62. The summed E-state index contributed by atoms with van der Waals surface area (Å²) < 4.78 is 16.4. The van der Waals surface area contributed by atoms with Crippen LogP contribution < -0.4 is 5.43 Å². The Morgan fingerprint density at radius 3 is 2.76 bits per heavy atom. The first-order valence-electron chi connectivity index (χ1n) is 6.95. The molecule has 1 aromatic heterocycles. The van der Waals surface area contributed by atoms with Crippen LogP contribution in [-0.4, -0.2) is 16.1 Å². The van der Waals surface area contributed by atoms with Crippen LogP contribution in [-0.2, 0) is 6.54 Å². The zero-order valence-corrected chi connectivity index (χ0v) is 13.0. The number of carbonyl (C=O) groups excluding carboxylic acids is 1. The van der Waals surface area contributed by atoms with E-state index >= 15 is 0 Å². The number of thioether (sulfide) groups is 1. The van der Waals surface area contributed by atoms with Gasteiger partial charge in [0.1, 0.15) is 5.82 Å². The maximum absolute atomic E-state index is 14.4. The molecule has 2 heterocycles. The number of hydrogen-bond donors (Lipinski definition) is 0. The average molecular weight is 305 g/mol. The highest BCUT2D eigenvalue weighted by Crippen LogP contribution is 2.39. The van der Waals surface area contributed by atoms with E-state index in [1.54, 1.807) is 18.0 Å². The van der Waals surface area contributed by atoms with Crippen LogP contribution in [0.15, 0.2) is 22.0 Å². The highest BCUT2D eigenvalue weighted by Gasteiger charge is 2.24. The molecule has 2 aromatic rings. The van der Waals surface area contributed by atoms with Crippen molar-refractivity contribution in [1.29, 1.82) is 0 Å². The number of benzene rings is 1. The highest BCUT2D eigenvalue weighted by molar-refractivity contribution is 7.99. The molecule has 1 aromatic carbocycles. The molecule has 0 atom stereocenters. The van der Waals surface area contributed by atoms with Crippen LogP contribution in [0.25, 0.3) is 10.9 Å². The summed E-state index contributed by atoms with van der Waals surface area (Å²) in [6.45, 7) is 5.98. The van der Waals surface area contributed by atoms with Crippen molar-refractivity contribution < 1.29 is 9.18 Å². The molecule has 0 aliphatic carbocycles. The number of nitrogens with zero attached hydrogens (tertiary/aromatic N) is 1. The van der Waals surface area contributed by atoms with Gasteiger partial charge in [-0.1, -0.05) is 13.8 Å². The van der Waals surface area contributed by atoms with Crippen molar-refractivity contribution >= 4 is 28.4 Å². The van der Waals surface area contributed by atoms with Gasteiger partial charge < -0.3 is 4.57 Å². The fraction of sp³-hybridized carbons (Fsp3) is 0.375. The summed E-state index contributed by atoms with van der Waals surface area (Å²) >= 11 is 1.59. The Morgan fingerprint density at radius 2 is 2.14 bits per heavy atom. The third-order valence-corrected chi connectivity index (χ3v) is 4.93. The standard InChI is InChI=1S/C16H16FNO2S/c1-8(2)13-12(17)6-10-14-16(13)21-5-4-18(14)7-11(9(3)19)15(10)20/h6-8H,4-5H2,1-3H3. The molecule has 0 amide bonds.